The Hall–Kier alpha value is -3.50. The van der Waals surface area contributed by atoms with Crippen molar-refractivity contribution in [2.24, 2.45) is 5.10 Å². The quantitative estimate of drug-likeness (QED) is 0.197. The summed E-state index contributed by atoms with van der Waals surface area (Å²) in [6.45, 7) is 6.01. The minimum absolute atomic E-state index is 0.192. The number of rotatable bonds is 10. The van der Waals surface area contributed by atoms with Gasteiger partial charge < -0.3 is 14.8 Å². The summed E-state index contributed by atoms with van der Waals surface area (Å²) in [5.74, 6) is 1.15. The first-order valence-corrected chi connectivity index (χ1v) is 14.1. The lowest BCUT2D eigenvalue weighted by Crippen LogP contribution is -2.22. The van der Waals surface area contributed by atoms with Crippen LogP contribution >= 0.6 is 31.9 Å². The van der Waals surface area contributed by atoms with E-state index >= 15 is 0 Å². The molecule has 0 radical (unpaired) electrons. The second kappa shape index (κ2) is 13.0. The standard InChI is InChI=1S/C29H28Br2N4O4/c1-4-8-27-33-24-12-11-20(30)14-21(24)29(37)35(27)32-16-19-13-25(38-5-2)26(15-22(19)31)39-17-28(36)34-23-10-7-6-9-18(23)3/h6-7,9-16H,4-5,8,17H2,1-3H3,(H,34,36). The van der Waals surface area contributed by atoms with Crippen molar-refractivity contribution in [2.75, 3.05) is 18.5 Å². The van der Waals surface area contributed by atoms with Gasteiger partial charge in [-0.2, -0.15) is 9.78 Å². The van der Waals surface area contributed by atoms with E-state index in [0.29, 0.717) is 51.3 Å². The Labute approximate surface area is 243 Å². The molecule has 0 atom stereocenters. The number of hydrogen-bond acceptors (Lipinski definition) is 6. The molecule has 10 heteroatoms. The SMILES string of the molecule is CCCc1nc2ccc(Br)cc2c(=O)n1N=Cc1cc(OCC)c(OCC(=O)Nc2ccccc2C)cc1Br. The molecule has 1 N–H and O–H groups in total. The fourth-order valence-electron chi connectivity index (χ4n) is 3.89. The molecule has 202 valence electrons. The highest BCUT2D eigenvalue weighted by atomic mass is 79.9. The first-order chi connectivity index (χ1) is 18.8. The van der Waals surface area contributed by atoms with E-state index in [4.69, 9.17) is 9.47 Å². The van der Waals surface area contributed by atoms with E-state index in [1.54, 1.807) is 24.4 Å². The van der Waals surface area contributed by atoms with Crippen molar-refractivity contribution < 1.29 is 14.3 Å². The number of nitrogens with zero attached hydrogens (tertiary/aromatic N) is 3. The molecule has 0 fully saturated rings. The molecule has 0 aliphatic carbocycles. The minimum Gasteiger partial charge on any atom is -0.490 e. The molecule has 0 aliphatic heterocycles. The van der Waals surface area contributed by atoms with E-state index in [2.05, 4.69) is 47.3 Å². The molecule has 0 saturated carbocycles. The van der Waals surface area contributed by atoms with E-state index in [-0.39, 0.29) is 18.1 Å². The Balaban J connectivity index is 1.61. The van der Waals surface area contributed by atoms with Gasteiger partial charge in [-0.25, -0.2) is 4.98 Å². The Morgan fingerprint density at radius 3 is 2.59 bits per heavy atom. The molecule has 39 heavy (non-hydrogen) atoms. The zero-order valence-electron chi connectivity index (χ0n) is 21.8. The minimum atomic E-state index is -0.285. The van der Waals surface area contributed by atoms with Crippen LogP contribution in [0.25, 0.3) is 10.9 Å². The molecule has 4 rings (SSSR count). The zero-order chi connectivity index (χ0) is 27.9. The number of carbonyl (C=O) groups is 1. The Bertz CT molecular complexity index is 1600. The number of anilines is 1. The second-order valence-corrected chi connectivity index (χ2v) is 10.5. The maximum absolute atomic E-state index is 13.3. The van der Waals surface area contributed by atoms with E-state index < -0.39 is 0 Å². The van der Waals surface area contributed by atoms with Crippen molar-refractivity contribution in [1.29, 1.82) is 0 Å². The molecule has 0 unspecified atom stereocenters. The molecule has 3 aromatic carbocycles. The van der Waals surface area contributed by atoms with Gasteiger partial charge in [-0.1, -0.05) is 41.1 Å². The van der Waals surface area contributed by atoms with E-state index in [1.807, 2.05) is 57.2 Å². The van der Waals surface area contributed by atoms with Gasteiger partial charge in [-0.3, -0.25) is 9.59 Å². The van der Waals surface area contributed by atoms with Crippen molar-refractivity contribution in [1.82, 2.24) is 9.66 Å². The smallest absolute Gasteiger partial charge is 0.282 e. The lowest BCUT2D eigenvalue weighted by molar-refractivity contribution is -0.118. The fourth-order valence-corrected chi connectivity index (χ4v) is 4.68. The summed E-state index contributed by atoms with van der Waals surface area (Å²) < 4.78 is 14.4. The van der Waals surface area contributed by atoms with Crippen molar-refractivity contribution in [3.63, 3.8) is 0 Å². The van der Waals surface area contributed by atoms with Crippen LogP contribution in [0.3, 0.4) is 0 Å². The molecular weight excluding hydrogens is 628 g/mol. The highest BCUT2D eigenvalue weighted by molar-refractivity contribution is 9.10. The molecule has 8 nitrogen and oxygen atoms in total. The summed E-state index contributed by atoms with van der Waals surface area (Å²) in [4.78, 5) is 30.5. The van der Waals surface area contributed by atoms with Crippen molar-refractivity contribution in [3.05, 3.63) is 90.8 Å². The summed E-state index contributed by atoms with van der Waals surface area (Å²) in [5.41, 5.74) is 2.74. The predicted octanol–water partition coefficient (Wildman–Crippen LogP) is 6.48. The summed E-state index contributed by atoms with van der Waals surface area (Å²) in [7, 11) is 0. The number of ether oxygens (including phenoxy) is 2. The lowest BCUT2D eigenvalue weighted by Gasteiger charge is -2.14. The van der Waals surface area contributed by atoms with Gasteiger partial charge >= 0.3 is 0 Å². The average molecular weight is 656 g/mol. The highest BCUT2D eigenvalue weighted by Crippen LogP contribution is 2.33. The summed E-state index contributed by atoms with van der Waals surface area (Å²) in [6, 6.07) is 16.4. The normalized spacial score (nSPS) is 11.2. The number of benzene rings is 3. The monoisotopic (exact) mass is 654 g/mol. The molecule has 1 heterocycles. The topological polar surface area (TPSA) is 94.8 Å². The molecule has 1 aromatic heterocycles. The van der Waals surface area contributed by atoms with Crippen LogP contribution in [0.15, 0.2) is 73.4 Å². The number of fused-ring (bicyclic) bond motifs is 1. The molecule has 1 amide bonds. The summed E-state index contributed by atoms with van der Waals surface area (Å²) in [5, 5.41) is 7.84. The van der Waals surface area contributed by atoms with Gasteiger partial charge in [0.1, 0.15) is 5.82 Å². The third kappa shape index (κ3) is 6.93. The van der Waals surface area contributed by atoms with E-state index in [0.717, 1.165) is 22.1 Å². The van der Waals surface area contributed by atoms with Crippen LogP contribution in [0.4, 0.5) is 5.69 Å². The van der Waals surface area contributed by atoms with E-state index in [9.17, 15) is 9.59 Å². The van der Waals surface area contributed by atoms with Gasteiger partial charge in [0.25, 0.3) is 11.5 Å². The number of aromatic nitrogens is 2. The predicted molar refractivity (Wildman–Crippen MR) is 161 cm³/mol. The van der Waals surface area contributed by atoms with E-state index in [1.165, 1.54) is 4.68 Å². The Morgan fingerprint density at radius 2 is 1.85 bits per heavy atom. The highest BCUT2D eigenvalue weighted by Gasteiger charge is 2.14. The van der Waals surface area contributed by atoms with Gasteiger partial charge in [0.2, 0.25) is 0 Å². The maximum Gasteiger partial charge on any atom is 0.282 e. The number of halogens is 2. The third-order valence-electron chi connectivity index (χ3n) is 5.80. The molecule has 4 aromatic rings. The largest absolute Gasteiger partial charge is 0.490 e. The van der Waals surface area contributed by atoms with Crippen LogP contribution in [-0.4, -0.2) is 35.0 Å². The van der Waals surface area contributed by atoms with Crippen LogP contribution in [0.5, 0.6) is 11.5 Å². The van der Waals surface area contributed by atoms with Crippen molar-refractivity contribution in [3.8, 4) is 11.5 Å². The molecule has 0 aliphatic rings. The van der Waals surface area contributed by atoms with Crippen LogP contribution in [0, 0.1) is 6.92 Å². The van der Waals surface area contributed by atoms with Crippen molar-refractivity contribution >= 4 is 60.6 Å². The maximum atomic E-state index is 13.3. The fraction of sp³-hybridized carbons (Fsp3) is 0.241. The molecule has 0 saturated heterocycles. The van der Waals surface area contributed by atoms with Crippen molar-refractivity contribution in [2.45, 2.75) is 33.6 Å². The summed E-state index contributed by atoms with van der Waals surface area (Å²) in [6.07, 6.45) is 2.99. The first-order valence-electron chi connectivity index (χ1n) is 12.5. The molecular formula is C29H28Br2N4O4. The first kappa shape index (κ1) is 28.5. The molecule has 0 bridgehead atoms. The number of hydrogen-bond donors (Lipinski definition) is 1. The number of amides is 1. The Morgan fingerprint density at radius 1 is 1.08 bits per heavy atom. The summed E-state index contributed by atoms with van der Waals surface area (Å²) >= 11 is 6.98. The third-order valence-corrected chi connectivity index (χ3v) is 6.98. The lowest BCUT2D eigenvalue weighted by atomic mass is 10.2. The van der Waals surface area contributed by atoms with Gasteiger partial charge in [-0.15, -0.1) is 0 Å². The van der Waals surface area contributed by atoms with Crippen LogP contribution in [-0.2, 0) is 11.2 Å². The zero-order valence-corrected chi connectivity index (χ0v) is 25.0. The van der Waals surface area contributed by atoms with Gasteiger partial charge in [0, 0.05) is 26.6 Å². The van der Waals surface area contributed by atoms with Gasteiger partial charge in [0.15, 0.2) is 18.1 Å². The number of aryl methyl sites for hydroxylation is 2. The van der Waals surface area contributed by atoms with Crippen LogP contribution in [0.2, 0.25) is 0 Å². The Kier molecular flexibility index (Phi) is 9.53. The van der Waals surface area contributed by atoms with Gasteiger partial charge in [0.05, 0.1) is 23.7 Å². The number of nitrogens with one attached hydrogen (secondary N) is 1. The number of para-hydroxylation sites is 1. The number of carbonyl (C=O) groups excluding carboxylic acids is 1. The van der Waals surface area contributed by atoms with Crippen LogP contribution in [0.1, 0.15) is 37.2 Å². The second-order valence-electron chi connectivity index (χ2n) is 8.71. The molecule has 0 spiro atoms. The average Bonchev–Trinajstić information content (AvgIpc) is 2.91. The van der Waals surface area contributed by atoms with Crippen LogP contribution < -0.4 is 20.3 Å². The van der Waals surface area contributed by atoms with Gasteiger partial charge in [-0.05, 0) is 78.2 Å².